The van der Waals surface area contributed by atoms with Crippen LogP contribution in [0.3, 0.4) is 0 Å². The molecule has 1 amide bonds. The van der Waals surface area contributed by atoms with Gasteiger partial charge < -0.3 is 10.2 Å². The van der Waals surface area contributed by atoms with E-state index < -0.39 is 5.91 Å². The first-order valence-corrected chi connectivity index (χ1v) is 6.46. The Labute approximate surface area is 125 Å². The van der Waals surface area contributed by atoms with Crippen LogP contribution >= 0.6 is 23.2 Å². The number of likely N-dealkylation sites (N-methyl/N-ethyl adjacent to an activating group) is 1. The number of amides is 1. The summed E-state index contributed by atoms with van der Waals surface area (Å²) in [7, 11) is 1.73. The number of nitrogens with two attached hydrogens (primary N) is 1. The second-order valence-electron chi connectivity index (χ2n) is 4.26. The molecule has 0 bridgehead atoms. The summed E-state index contributed by atoms with van der Waals surface area (Å²) in [6.45, 7) is 0.431. The molecule has 1 aromatic heterocycles. The molecule has 0 saturated heterocycles. The number of hydrogen-bond donors (Lipinski definition) is 1. The van der Waals surface area contributed by atoms with Crippen LogP contribution in [0.1, 0.15) is 5.89 Å². The van der Waals surface area contributed by atoms with Gasteiger partial charge in [-0.1, -0.05) is 23.2 Å². The van der Waals surface area contributed by atoms with Crippen molar-refractivity contribution in [2.75, 3.05) is 13.6 Å². The molecule has 0 aliphatic heterocycles. The van der Waals surface area contributed by atoms with Crippen molar-refractivity contribution >= 4 is 29.1 Å². The van der Waals surface area contributed by atoms with E-state index in [0.29, 0.717) is 33.9 Å². The molecule has 0 aliphatic rings. The van der Waals surface area contributed by atoms with Gasteiger partial charge in [-0.25, -0.2) is 0 Å². The summed E-state index contributed by atoms with van der Waals surface area (Å²) in [5, 5.41) is 8.78. The van der Waals surface area contributed by atoms with E-state index in [9.17, 15) is 4.79 Å². The van der Waals surface area contributed by atoms with Crippen LogP contribution in [0.5, 0.6) is 0 Å². The summed E-state index contributed by atoms with van der Waals surface area (Å²) in [6.07, 6.45) is 0. The molecule has 1 aromatic carbocycles. The van der Waals surface area contributed by atoms with Crippen LogP contribution in [0.2, 0.25) is 10.0 Å². The molecule has 0 aliphatic carbocycles. The van der Waals surface area contributed by atoms with Gasteiger partial charge in [0.1, 0.15) is 0 Å². The number of carbonyl (C=O) groups is 1. The second-order valence-corrected chi connectivity index (χ2v) is 5.11. The highest BCUT2D eigenvalue weighted by molar-refractivity contribution is 6.36. The molecule has 0 fully saturated rings. The van der Waals surface area contributed by atoms with Crippen molar-refractivity contribution in [1.29, 1.82) is 0 Å². The van der Waals surface area contributed by atoms with E-state index in [1.54, 1.807) is 30.1 Å². The van der Waals surface area contributed by atoms with Crippen molar-refractivity contribution < 1.29 is 9.21 Å². The number of rotatable bonds is 5. The Morgan fingerprint density at radius 3 is 2.80 bits per heavy atom. The van der Waals surface area contributed by atoms with Crippen LogP contribution in [-0.2, 0) is 11.3 Å². The largest absolute Gasteiger partial charge is 0.419 e. The number of nitrogens with zero attached hydrogens (tertiary/aromatic N) is 3. The Bertz CT molecular complexity index is 630. The molecule has 8 heteroatoms. The zero-order chi connectivity index (χ0) is 14.7. The minimum Gasteiger partial charge on any atom is -0.419 e. The molecule has 1 heterocycles. The lowest BCUT2D eigenvalue weighted by Gasteiger charge is -2.10. The fourth-order valence-corrected chi connectivity index (χ4v) is 2.13. The summed E-state index contributed by atoms with van der Waals surface area (Å²) in [6, 6.07) is 4.99. The van der Waals surface area contributed by atoms with E-state index in [1.807, 2.05) is 0 Å². The first kappa shape index (κ1) is 14.8. The molecule has 20 heavy (non-hydrogen) atoms. The van der Waals surface area contributed by atoms with Gasteiger partial charge in [-0.15, -0.1) is 10.2 Å². The van der Waals surface area contributed by atoms with Crippen molar-refractivity contribution in [2.24, 2.45) is 5.73 Å². The predicted molar refractivity (Wildman–Crippen MR) is 75.3 cm³/mol. The van der Waals surface area contributed by atoms with Crippen molar-refractivity contribution in [3.05, 3.63) is 34.1 Å². The van der Waals surface area contributed by atoms with Crippen LogP contribution in [-0.4, -0.2) is 34.6 Å². The highest BCUT2D eigenvalue weighted by Gasteiger charge is 2.14. The first-order valence-electron chi connectivity index (χ1n) is 5.70. The summed E-state index contributed by atoms with van der Waals surface area (Å²) < 4.78 is 5.50. The number of carbonyl (C=O) groups excluding carboxylic acids is 1. The highest BCUT2D eigenvalue weighted by atomic mass is 35.5. The van der Waals surface area contributed by atoms with E-state index in [1.165, 1.54) is 0 Å². The first-order chi connectivity index (χ1) is 9.45. The second kappa shape index (κ2) is 6.21. The number of halogens is 2. The molecule has 0 radical (unpaired) electrons. The topological polar surface area (TPSA) is 85.2 Å². The molecular weight excluding hydrogens is 303 g/mol. The molecule has 106 valence electrons. The average molecular weight is 315 g/mol. The van der Waals surface area contributed by atoms with E-state index >= 15 is 0 Å². The van der Waals surface area contributed by atoms with Gasteiger partial charge in [0, 0.05) is 5.02 Å². The van der Waals surface area contributed by atoms with Gasteiger partial charge in [-0.05, 0) is 25.2 Å². The molecule has 0 saturated carbocycles. The van der Waals surface area contributed by atoms with Crippen molar-refractivity contribution in [2.45, 2.75) is 6.54 Å². The number of hydrogen-bond acceptors (Lipinski definition) is 5. The molecule has 0 unspecified atom stereocenters. The molecule has 2 rings (SSSR count). The fraction of sp³-hybridized carbons (Fsp3) is 0.250. The summed E-state index contributed by atoms with van der Waals surface area (Å²) in [5.41, 5.74) is 5.70. The average Bonchev–Trinajstić information content (AvgIpc) is 2.75. The Balaban J connectivity index is 2.14. The van der Waals surface area contributed by atoms with Crippen molar-refractivity contribution in [1.82, 2.24) is 15.1 Å². The monoisotopic (exact) mass is 314 g/mol. The summed E-state index contributed by atoms with van der Waals surface area (Å²) >= 11 is 11.9. The number of aromatic nitrogens is 2. The lowest BCUT2D eigenvalue weighted by molar-refractivity contribution is -0.119. The van der Waals surface area contributed by atoms with E-state index in [2.05, 4.69) is 10.2 Å². The molecule has 0 atom stereocenters. The third kappa shape index (κ3) is 3.69. The van der Waals surface area contributed by atoms with Crippen LogP contribution in [0, 0.1) is 0 Å². The lowest BCUT2D eigenvalue weighted by Crippen LogP contribution is -2.30. The Morgan fingerprint density at radius 1 is 1.40 bits per heavy atom. The Hall–Kier alpha value is -1.63. The summed E-state index contributed by atoms with van der Waals surface area (Å²) in [4.78, 5) is 12.5. The van der Waals surface area contributed by atoms with Crippen LogP contribution in [0.25, 0.3) is 11.5 Å². The maximum Gasteiger partial charge on any atom is 0.249 e. The maximum absolute atomic E-state index is 10.8. The van der Waals surface area contributed by atoms with Gasteiger partial charge in [-0.3, -0.25) is 9.69 Å². The zero-order valence-electron chi connectivity index (χ0n) is 10.6. The van der Waals surface area contributed by atoms with Crippen LogP contribution in [0.15, 0.2) is 22.6 Å². The van der Waals surface area contributed by atoms with Gasteiger partial charge >= 0.3 is 0 Å². The minimum absolute atomic E-state index is 0.111. The fourth-order valence-electron chi connectivity index (χ4n) is 1.64. The Kier molecular flexibility index (Phi) is 4.59. The summed E-state index contributed by atoms with van der Waals surface area (Å²) in [5.74, 6) is 0.247. The van der Waals surface area contributed by atoms with Gasteiger partial charge in [-0.2, -0.15) is 0 Å². The molecule has 0 spiro atoms. The maximum atomic E-state index is 10.8. The zero-order valence-corrected chi connectivity index (χ0v) is 12.1. The van der Waals surface area contributed by atoms with Crippen molar-refractivity contribution in [3.8, 4) is 11.5 Å². The van der Waals surface area contributed by atoms with Gasteiger partial charge in [0.15, 0.2) is 0 Å². The molecule has 2 N–H and O–H groups in total. The van der Waals surface area contributed by atoms with E-state index in [4.69, 9.17) is 33.4 Å². The quantitative estimate of drug-likeness (QED) is 0.911. The lowest BCUT2D eigenvalue weighted by atomic mass is 10.2. The SMILES string of the molecule is CN(CC(N)=O)Cc1nnc(-c2ccc(Cl)cc2Cl)o1. The highest BCUT2D eigenvalue weighted by Crippen LogP contribution is 2.29. The third-order valence-corrected chi connectivity index (χ3v) is 3.01. The van der Waals surface area contributed by atoms with Crippen LogP contribution < -0.4 is 5.73 Å². The Morgan fingerprint density at radius 2 is 2.15 bits per heavy atom. The normalized spacial score (nSPS) is 11.0. The molecular formula is C12H12Cl2N4O2. The van der Waals surface area contributed by atoms with E-state index in [0.717, 1.165) is 0 Å². The van der Waals surface area contributed by atoms with E-state index in [-0.39, 0.29) is 6.54 Å². The van der Waals surface area contributed by atoms with Crippen molar-refractivity contribution in [3.63, 3.8) is 0 Å². The minimum atomic E-state index is -0.423. The number of benzene rings is 1. The molecule has 2 aromatic rings. The predicted octanol–water partition coefficient (Wildman–Crippen LogP) is 1.96. The third-order valence-electron chi connectivity index (χ3n) is 2.46. The van der Waals surface area contributed by atoms with Crippen LogP contribution in [0.4, 0.5) is 0 Å². The molecule has 6 nitrogen and oxygen atoms in total. The number of primary amides is 1. The van der Waals surface area contributed by atoms with Gasteiger partial charge in [0.2, 0.25) is 17.7 Å². The van der Waals surface area contributed by atoms with Gasteiger partial charge in [0.25, 0.3) is 0 Å². The van der Waals surface area contributed by atoms with Gasteiger partial charge in [0.05, 0.1) is 23.7 Å². The smallest absolute Gasteiger partial charge is 0.249 e. The standard InChI is InChI=1S/C12H12Cl2N4O2/c1-18(5-10(15)19)6-11-16-17-12(20-11)8-3-2-7(13)4-9(8)14/h2-4H,5-6H2,1H3,(H2,15,19).